The first-order chi connectivity index (χ1) is 14.6. The maximum absolute atomic E-state index is 11.8. The number of benzene rings is 2. The highest BCUT2D eigenvalue weighted by atomic mass is 16.6. The Bertz CT molecular complexity index is 1000. The van der Waals surface area contributed by atoms with E-state index in [2.05, 4.69) is 22.2 Å². The summed E-state index contributed by atoms with van der Waals surface area (Å²) < 4.78 is 5.78. The van der Waals surface area contributed by atoms with E-state index in [4.69, 9.17) is 4.74 Å². The van der Waals surface area contributed by atoms with Gasteiger partial charge in [0.2, 0.25) is 11.6 Å². The van der Waals surface area contributed by atoms with Crippen molar-refractivity contribution in [2.75, 3.05) is 23.3 Å². The van der Waals surface area contributed by atoms with Crippen LogP contribution in [0.25, 0.3) is 0 Å². The van der Waals surface area contributed by atoms with E-state index in [0.29, 0.717) is 23.2 Å². The highest BCUT2D eigenvalue weighted by molar-refractivity contribution is 5.74. The van der Waals surface area contributed by atoms with Gasteiger partial charge >= 0.3 is 5.69 Å². The van der Waals surface area contributed by atoms with Crippen LogP contribution in [0, 0.1) is 16.0 Å². The Morgan fingerprint density at radius 3 is 2.37 bits per heavy atom. The molecule has 1 aliphatic rings. The van der Waals surface area contributed by atoms with Crippen molar-refractivity contribution in [3.8, 4) is 11.5 Å². The topological polar surface area (TPSA) is 93.4 Å². The molecule has 1 fully saturated rings. The van der Waals surface area contributed by atoms with E-state index in [9.17, 15) is 10.1 Å². The Kier molecular flexibility index (Phi) is 5.74. The molecule has 0 spiro atoms. The van der Waals surface area contributed by atoms with Crippen LogP contribution in [0.1, 0.15) is 19.8 Å². The third-order valence-electron chi connectivity index (χ3n) is 5.16. The second-order valence-corrected chi connectivity index (χ2v) is 7.39. The lowest BCUT2D eigenvalue weighted by Gasteiger charge is -2.30. The molecule has 0 radical (unpaired) electrons. The summed E-state index contributed by atoms with van der Waals surface area (Å²) in [6.07, 6.45) is 3.36. The normalized spacial score (nSPS) is 14.4. The van der Waals surface area contributed by atoms with E-state index >= 15 is 0 Å². The van der Waals surface area contributed by atoms with Gasteiger partial charge in [-0.1, -0.05) is 25.1 Å². The van der Waals surface area contributed by atoms with Crippen molar-refractivity contribution in [2.45, 2.75) is 19.8 Å². The van der Waals surface area contributed by atoms with Gasteiger partial charge in [-0.3, -0.25) is 10.1 Å². The minimum atomic E-state index is -0.414. The van der Waals surface area contributed by atoms with Gasteiger partial charge in [-0.25, -0.2) is 9.97 Å². The van der Waals surface area contributed by atoms with E-state index in [1.807, 2.05) is 35.2 Å². The van der Waals surface area contributed by atoms with Crippen molar-refractivity contribution >= 4 is 23.0 Å². The van der Waals surface area contributed by atoms with E-state index in [-0.39, 0.29) is 11.5 Å². The third kappa shape index (κ3) is 4.48. The summed E-state index contributed by atoms with van der Waals surface area (Å²) in [6, 6.07) is 16.7. The summed E-state index contributed by atoms with van der Waals surface area (Å²) in [5, 5.41) is 14.9. The number of hydrogen-bond donors (Lipinski definition) is 1. The van der Waals surface area contributed by atoms with Crippen LogP contribution in [0.5, 0.6) is 11.5 Å². The predicted molar refractivity (Wildman–Crippen MR) is 116 cm³/mol. The van der Waals surface area contributed by atoms with Gasteiger partial charge in [0.1, 0.15) is 17.8 Å². The lowest BCUT2D eigenvalue weighted by Crippen LogP contribution is -2.34. The number of nitro groups is 1. The maximum Gasteiger partial charge on any atom is 0.353 e. The lowest BCUT2D eigenvalue weighted by molar-refractivity contribution is -0.383. The Morgan fingerprint density at radius 1 is 1.03 bits per heavy atom. The number of hydrogen-bond acceptors (Lipinski definition) is 7. The van der Waals surface area contributed by atoms with Crippen molar-refractivity contribution in [3.63, 3.8) is 0 Å². The molecule has 0 unspecified atom stereocenters. The van der Waals surface area contributed by atoms with Crippen LogP contribution in [-0.4, -0.2) is 28.0 Å². The molecule has 0 aliphatic carbocycles. The molecule has 1 N–H and O–H groups in total. The Morgan fingerprint density at radius 2 is 1.70 bits per heavy atom. The second kappa shape index (κ2) is 8.77. The van der Waals surface area contributed by atoms with Gasteiger partial charge in [0.15, 0.2) is 0 Å². The molecule has 2 heterocycles. The lowest BCUT2D eigenvalue weighted by atomic mass is 9.99. The average Bonchev–Trinajstić information content (AvgIpc) is 2.76. The number of piperidine rings is 1. The highest BCUT2D eigenvalue weighted by Gasteiger charge is 2.29. The standard InChI is InChI=1S/C22H23N5O3/c1-16-11-13-26(14-12-16)22-20(27(28)29)21(23-15-24-22)25-17-7-9-19(10-8-17)30-18-5-3-2-4-6-18/h2-10,15-16H,11-14H2,1H3,(H,23,24,25). The highest BCUT2D eigenvalue weighted by Crippen LogP contribution is 2.35. The molecule has 30 heavy (non-hydrogen) atoms. The SMILES string of the molecule is CC1CCN(c2ncnc(Nc3ccc(Oc4ccccc4)cc3)c2[N+](=O)[O-])CC1. The van der Waals surface area contributed by atoms with Gasteiger partial charge in [-0.05, 0) is 55.2 Å². The maximum atomic E-state index is 11.8. The van der Waals surface area contributed by atoms with Gasteiger partial charge in [0.05, 0.1) is 4.92 Å². The average molecular weight is 405 g/mol. The number of para-hydroxylation sites is 1. The van der Waals surface area contributed by atoms with E-state index in [0.717, 1.165) is 31.7 Å². The van der Waals surface area contributed by atoms with Gasteiger partial charge in [0, 0.05) is 18.8 Å². The van der Waals surface area contributed by atoms with Gasteiger partial charge in [-0.2, -0.15) is 0 Å². The number of anilines is 3. The van der Waals surface area contributed by atoms with Crippen LogP contribution in [-0.2, 0) is 0 Å². The van der Waals surface area contributed by atoms with E-state index < -0.39 is 4.92 Å². The van der Waals surface area contributed by atoms with Crippen molar-refractivity contribution in [2.24, 2.45) is 5.92 Å². The zero-order chi connectivity index (χ0) is 20.9. The largest absolute Gasteiger partial charge is 0.457 e. The van der Waals surface area contributed by atoms with Crippen molar-refractivity contribution in [1.29, 1.82) is 0 Å². The van der Waals surface area contributed by atoms with E-state index in [1.54, 1.807) is 24.3 Å². The molecule has 2 aromatic carbocycles. The Balaban J connectivity index is 1.54. The summed E-state index contributed by atoms with van der Waals surface area (Å²) >= 11 is 0. The second-order valence-electron chi connectivity index (χ2n) is 7.39. The number of aromatic nitrogens is 2. The van der Waals surface area contributed by atoms with Crippen LogP contribution in [0.15, 0.2) is 60.9 Å². The quantitative estimate of drug-likeness (QED) is 0.447. The minimum absolute atomic E-state index is 0.100. The van der Waals surface area contributed by atoms with Crippen molar-refractivity contribution in [3.05, 3.63) is 71.0 Å². The molecule has 4 rings (SSSR count). The predicted octanol–water partition coefficient (Wildman–Crippen LogP) is 5.16. The molecule has 154 valence electrons. The molecule has 1 aliphatic heterocycles. The Hall–Kier alpha value is -3.68. The molecule has 0 bridgehead atoms. The Labute approximate surface area is 174 Å². The van der Waals surface area contributed by atoms with Crippen LogP contribution in [0.4, 0.5) is 23.0 Å². The molecule has 8 nitrogen and oxygen atoms in total. The molecule has 3 aromatic rings. The number of nitrogens with one attached hydrogen (secondary N) is 1. The number of ether oxygens (including phenoxy) is 1. The fourth-order valence-electron chi connectivity index (χ4n) is 3.45. The van der Waals surface area contributed by atoms with Crippen molar-refractivity contribution in [1.82, 2.24) is 9.97 Å². The summed E-state index contributed by atoms with van der Waals surface area (Å²) in [6.45, 7) is 3.71. The smallest absolute Gasteiger partial charge is 0.353 e. The molecule has 0 saturated carbocycles. The summed E-state index contributed by atoms with van der Waals surface area (Å²) in [5.74, 6) is 2.59. The fourth-order valence-corrected chi connectivity index (χ4v) is 3.45. The molecule has 0 amide bonds. The van der Waals surface area contributed by atoms with Gasteiger partial charge < -0.3 is 15.0 Å². The number of rotatable bonds is 6. The van der Waals surface area contributed by atoms with Crippen LogP contribution in [0.3, 0.4) is 0 Å². The first-order valence-electron chi connectivity index (χ1n) is 9.94. The zero-order valence-electron chi connectivity index (χ0n) is 16.7. The molecule has 1 saturated heterocycles. The summed E-state index contributed by atoms with van der Waals surface area (Å²) in [4.78, 5) is 21.8. The van der Waals surface area contributed by atoms with E-state index in [1.165, 1.54) is 6.33 Å². The molecule has 1 aromatic heterocycles. The van der Waals surface area contributed by atoms with Gasteiger partial charge in [-0.15, -0.1) is 0 Å². The molecule has 8 heteroatoms. The monoisotopic (exact) mass is 405 g/mol. The third-order valence-corrected chi connectivity index (χ3v) is 5.16. The van der Waals surface area contributed by atoms with Crippen molar-refractivity contribution < 1.29 is 9.66 Å². The molecular formula is C22H23N5O3. The van der Waals surface area contributed by atoms with Crippen LogP contribution < -0.4 is 15.0 Å². The first kappa shape index (κ1) is 19.6. The fraction of sp³-hybridized carbons (Fsp3) is 0.273. The minimum Gasteiger partial charge on any atom is -0.457 e. The van der Waals surface area contributed by atoms with Gasteiger partial charge in [0.25, 0.3) is 0 Å². The molecule has 0 atom stereocenters. The first-order valence-corrected chi connectivity index (χ1v) is 9.94. The number of nitrogens with zero attached hydrogens (tertiary/aromatic N) is 4. The van der Waals surface area contributed by atoms with Crippen LogP contribution in [0.2, 0.25) is 0 Å². The molecular weight excluding hydrogens is 382 g/mol. The zero-order valence-corrected chi connectivity index (χ0v) is 16.7. The summed E-state index contributed by atoms with van der Waals surface area (Å²) in [5.41, 5.74) is 0.576. The summed E-state index contributed by atoms with van der Waals surface area (Å²) in [7, 11) is 0. The van der Waals surface area contributed by atoms with Crippen LogP contribution >= 0.6 is 0 Å².